The van der Waals surface area contributed by atoms with Crippen molar-refractivity contribution in [3.63, 3.8) is 0 Å². The van der Waals surface area contributed by atoms with Gasteiger partial charge in [0, 0.05) is 6.42 Å². The molecule has 16 heavy (non-hydrogen) atoms. The van der Waals surface area contributed by atoms with E-state index in [0.29, 0.717) is 6.42 Å². The zero-order valence-corrected chi connectivity index (χ0v) is 9.25. The lowest BCUT2D eigenvalue weighted by Crippen LogP contribution is -2.13. The first-order valence-corrected chi connectivity index (χ1v) is 4.98. The number of rotatable bonds is 3. The van der Waals surface area contributed by atoms with Crippen LogP contribution in [0.1, 0.15) is 30.1 Å². The molecule has 86 valence electrons. The van der Waals surface area contributed by atoms with Gasteiger partial charge in [-0.05, 0) is 12.5 Å². The summed E-state index contributed by atoms with van der Waals surface area (Å²) in [5, 5.41) is -0.198. The van der Waals surface area contributed by atoms with Crippen molar-refractivity contribution < 1.29 is 18.7 Å². The third kappa shape index (κ3) is 3.27. The Kier molecular flexibility index (Phi) is 4.37. The molecule has 0 amide bonds. The first kappa shape index (κ1) is 12.6. The van der Waals surface area contributed by atoms with E-state index in [1.807, 2.05) is 0 Å². The van der Waals surface area contributed by atoms with Crippen molar-refractivity contribution in [2.75, 3.05) is 0 Å². The zero-order valence-electron chi connectivity index (χ0n) is 8.50. The van der Waals surface area contributed by atoms with Gasteiger partial charge in [0.1, 0.15) is 16.5 Å². The molecule has 0 atom stereocenters. The highest BCUT2D eigenvalue weighted by atomic mass is 35.5. The number of esters is 2. The Labute approximate surface area is 96.4 Å². The monoisotopic (exact) mass is 245 g/mol. The second-order valence-electron chi connectivity index (χ2n) is 3.00. The molecule has 1 aromatic heterocycles. The quantitative estimate of drug-likeness (QED) is 0.466. The van der Waals surface area contributed by atoms with Crippen molar-refractivity contribution in [2.24, 2.45) is 0 Å². The fourth-order valence-corrected chi connectivity index (χ4v) is 1.16. The van der Waals surface area contributed by atoms with Crippen molar-refractivity contribution in [2.45, 2.75) is 19.8 Å². The fourth-order valence-electron chi connectivity index (χ4n) is 0.979. The Morgan fingerprint density at radius 2 is 2.25 bits per heavy atom. The smallest absolute Gasteiger partial charge is 0.349 e. The average Bonchev–Trinajstić information content (AvgIpc) is 2.21. The molecular formula is C10H9ClFNO3. The Hall–Kier alpha value is -1.49. The summed E-state index contributed by atoms with van der Waals surface area (Å²) in [6.07, 6.45) is 1.54. The lowest BCUT2D eigenvalue weighted by atomic mass is 10.3. The van der Waals surface area contributed by atoms with Crippen LogP contribution >= 0.6 is 11.6 Å². The third-order valence-corrected chi connectivity index (χ3v) is 1.99. The van der Waals surface area contributed by atoms with Gasteiger partial charge >= 0.3 is 11.9 Å². The van der Waals surface area contributed by atoms with E-state index >= 15 is 0 Å². The lowest BCUT2D eigenvalue weighted by Gasteiger charge is -2.03. The molecule has 1 aromatic rings. The number of nitrogens with zero attached hydrogens (tertiary/aromatic N) is 1. The van der Waals surface area contributed by atoms with Gasteiger partial charge in [-0.2, -0.15) is 0 Å². The van der Waals surface area contributed by atoms with Crippen LogP contribution < -0.4 is 0 Å². The largest absolute Gasteiger partial charge is 0.389 e. The van der Waals surface area contributed by atoms with Gasteiger partial charge in [0.2, 0.25) is 0 Å². The minimum Gasteiger partial charge on any atom is -0.389 e. The summed E-state index contributed by atoms with van der Waals surface area (Å²) in [7, 11) is 0. The van der Waals surface area contributed by atoms with Crippen molar-refractivity contribution in [3.05, 3.63) is 28.8 Å². The summed E-state index contributed by atoms with van der Waals surface area (Å²) < 4.78 is 17.2. The Balaban J connectivity index is 2.80. The van der Waals surface area contributed by atoms with E-state index in [1.165, 1.54) is 0 Å². The molecular weight excluding hydrogens is 237 g/mol. The van der Waals surface area contributed by atoms with Crippen LogP contribution in [0, 0.1) is 5.82 Å². The molecule has 0 aliphatic carbocycles. The maximum absolute atomic E-state index is 12.8. The molecule has 0 fully saturated rings. The molecule has 1 heterocycles. The van der Waals surface area contributed by atoms with Gasteiger partial charge in [-0.25, -0.2) is 14.2 Å². The molecule has 1 rings (SSSR count). The molecule has 0 spiro atoms. The Morgan fingerprint density at radius 3 is 2.88 bits per heavy atom. The predicted octanol–water partition coefficient (Wildman–Crippen LogP) is 2.36. The van der Waals surface area contributed by atoms with Crippen molar-refractivity contribution in [3.8, 4) is 0 Å². The molecule has 0 bridgehead atoms. The summed E-state index contributed by atoms with van der Waals surface area (Å²) in [6.45, 7) is 1.77. The van der Waals surface area contributed by atoms with Crippen LogP contribution in [-0.4, -0.2) is 16.9 Å². The molecule has 0 aromatic carbocycles. The number of aromatic nitrogens is 1. The van der Waals surface area contributed by atoms with E-state index < -0.39 is 17.8 Å². The highest BCUT2D eigenvalue weighted by molar-refractivity contribution is 6.32. The molecule has 0 N–H and O–H groups in total. The predicted molar refractivity (Wildman–Crippen MR) is 54.5 cm³/mol. The number of hydrogen-bond donors (Lipinski definition) is 0. The molecule has 0 aliphatic rings. The van der Waals surface area contributed by atoms with Gasteiger partial charge in [-0.3, -0.25) is 4.79 Å². The summed E-state index contributed by atoms with van der Waals surface area (Å²) in [5.74, 6) is -2.39. The van der Waals surface area contributed by atoms with Crippen LogP contribution in [0.2, 0.25) is 5.15 Å². The molecule has 0 saturated carbocycles. The molecule has 0 unspecified atom stereocenters. The molecule has 0 radical (unpaired) electrons. The standard InChI is InChI=1S/C10H9ClFNO3/c1-2-3-8(14)16-10(15)7-4-6(12)5-13-9(7)11/h4-5H,2-3H2,1H3. The molecule has 6 heteroatoms. The second kappa shape index (κ2) is 5.55. The van der Waals surface area contributed by atoms with Crippen molar-refractivity contribution in [1.29, 1.82) is 0 Å². The van der Waals surface area contributed by atoms with Crippen LogP contribution in [0.5, 0.6) is 0 Å². The number of ether oxygens (including phenoxy) is 1. The van der Waals surface area contributed by atoms with Gasteiger partial charge in [0.15, 0.2) is 0 Å². The molecule has 0 aliphatic heterocycles. The second-order valence-corrected chi connectivity index (χ2v) is 3.36. The number of pyridine rings is 1. The lowest BCUT2D eigenvalue weighted by molar-refractivity contribution is -0.137. The minimum atomic E-state index is -0.990. The first-order valence-electron chi connectivity index (χ1n) is 4.60. The van der Waals surface area contributed by atoms with E-state index in [1.54, 1.807) is 6.92 Å². The highest BCUT2D eigenvalue weighted by Gasteiger charge is 2.17. The van der Waals surface area contributed by atoms with Crippen LogP contribution in [0.15, 0.2) is 12.3 Å². The van der Waals surface area contributed by atoms with Gasteiger partial charge < -0.3 is 4.74 Å². The number of halogens is 2. The molecule has 4 nitrogen and oxygen atoms in total. The Morgan fingerprint density at radius 1 is 1.56 bits per heavy atom. The summed E-state index contributed by atoms with van der Waals surface area (Å²) in [4.78, 5) is 25.8. The zero-order chi connectivity index (χ0) is 12.1. The maximum atomic E-state index is 12.8. The number of hydrogen-bond acceptors (Lipinski definition) is 4. The number of carbonyl (C=O) groups excluding carboxylic acids is 2. The first-order chi connectivity index (χ1) is 7.54. The van der Waals surface area contributed by atoms with E-state index in [2.05, 4.69) is 9.72 Å². The van der Waals surface area contributed by atoms with Gasteiger partial charge in [0.05, 0.1) is 6.20 Å². The average molecular weight is 246 g/mol. The van der Waals surface area contributed by atoms with E-state index in [-0.39, 0.29) is 17.1 Å². The van der Waals surface area contributed by atoms with Crippen LogP contribution in [0.3, 0.4) is 0 Å². The number of carbonyl (C=O) groups is 2. The van der Waals surface area contributed by atoms with E-state index in [4.69, 9.17) is 11.6 Å². The van der Waals surface area contributed by atoms with Crippen molar-refractivity contribution in [1.82, 2.24) is 4.98 Å². The maximum Gasteiger partial charge on any atom is 0.349 e. The fraction of sp³-hybridized carbons (Fsp3) is 0.300. The third-order valence-electron chi connectivity index (χ3n) is 1.69. The van der Waals surface area contributed by atoms with Gasteiger partial charge in [0.25, 0.3) is 0 Å². The summed E-state index contributed by atoms with van der Waals surface area (Å²) in [6, 6.07) is 0.872. The van der Waals surface area contributed by atoms with Gasteiger partial charge in [-0.1, -0.05) is 18.5 Å². The van der Waals surface area contributed by atoms with Crippen LogP contribution in [0.4, 0.5) is 4.39 Å². The van der Waals surface area contributed by atoms with Gasteiger partial charge in [-0.15, -0.1) is 0 Å². The highest BCUT2D eigenvalue weighted by Crippen LogP contribution is 2.15. The minimum absolute atomic E-state index is 0.117. The normalized spacial score (nSPS) is 9.94. The van der Waals surface area contributed by atoms with Crippen molar-refractivity contribution >= 4 is 23.5 Å². The van der Waals surface area contributed by atoms with Crippen LogP contribution in [0.25, 0.3) is 0 Å². The van der Waals surface area contributed by atoms with E-state index in [9.17, 15) is 14.0 Å². The summed E-state index contributed by atoms with van der Waals surface area (Å²) >= 11 is 5.56. The SMILES string of the molecule is CCCC(=O)OC(=O)c1cc(F)cnc1Cl. The Bertz CT molecular complexity index is 423. The summed E-state index contributed by atoms with van der Waals surface area (Å²) in [5.41, 5.74) is -0.258. The van der Waals surface area contributed by atoms with E-state index in [0.717, 1.165) is 12.3 Å². The van der Waals surface area contributed by atoms with Crippen LogP contribution in [-0.2, 0) is 9.53 Å². The molecule has 0 saturated heterocycles. The topological polar surface area (TPSA) is 56.3 Å².